The van der Waals surface area contributed by atoms with E-state index in [1.165, 1.54) is 12.1 Å². The van der Waals surface area contributed by atoms with Crippen molar-refractivity contribution in [2.45, 2.75) is 25.7 Å². The molecule has 2 aliphatic rings. The van der Waals surface area contributed by atoms with Crippen LogP contribution in [0, 0.1) is 5.82 Å². The molecule has 0 bridgehead atoms. The van der Waals surface area contributed by atoms with E-state index in [0.29, 0.717) is 23.7 Å². The first kappa shape index (κ1) is 22.4. The van der Waals surface area contributed by atoms with Gasteiger partial charge in [0.2, 0.25) is 5.88 Å². The monoisotopic (exact) mass is 463 g/mol. The Hall–Kier alpha value is -3.39. The number of anilines is 3. The van der Waals surface area contributed by atoms with Crippen molar-refractivity contribution < 1.29 is 13.7 Å². The number of halogens is 1. The molecule has 0 saturated carbocycles. The Balaban J connectivity index is 1.28. The number of nitrogens with two attached hydrogens (primary N) is 1. The van der Waals surface area contributed by atoms with Crippen LogP contribution in [0.4, 0.5) is 21.6 Å². The van der Waals surface area contributed by atoms with Gasteiger partial charge in [-0.3, -0.25) is 14.6 Å². The van der Waals surface area contributed by atoms with E-state index in [-0.39, 0.29) is 11.7 Å². The molecule has 0 atom stereocenters. The summed E-state index contributed by atoms with van der Waals surface area (Å²) in [5.74, 6) is 0.263. The Bertz CT molecular complexity index is 1120. The molecule has 2 N–H and O–H groups in total. The van der Waals surface area contributed by atoms with Crippen LogP contribution in [0.3, 0.4) is 0 Å². The van der Waals surface area contributed by atoms with Gasteiger partial charge in [0.15, 0.2) is 0 Å². The number of piperazine rings is 1. The number of carbonyl (C=O) groups is 1. The van der Waals surface area contributed by atoms with Gasteiger partial charge in [0.1, 0.15) is 5.82 Å². The van der Waals surface area contributed by atoms with Crippen molar-refractivity contribution in [1.82, 2.24) is 10.1 Å². The van der Waals surface area contributed by atoms with E-state index in [0.717, 1.165) is 75.4 Å². The smallest absolute Gasteiger partial charge is 0.260 e. The zero-order chi connectivity index (χ0) is 23.5. The fourth-order valence-corrected chi connectivity index (χ4v) is 4.79. The maximum absolute atomic E-state index is 13.5. The highest BCUT2D eigenvalue weighted by Crippen LogP contribution is 2.31. The molecular formula is C26H30FN5O2. The lowest BCUT2D eigenvalue weighted by atomic mass is 9.97. The third-order valence-corrected chi connectivity index (χ3v) is 6.79. The molecule has 1 amide bonds. The topological polar surface area (TPSA) is 78.8 Å². The van der Waals surface area contributed by atoms with Gasteiger partial charge >= 0.3 is 0 Å². The quantitative estimate of drug-likeness (QED) is 0.561. The molecule has 34 heavy (non-hydrogen) atoms. The predicted octanol–water partition coefficient (Wildman–Crippen LogP) is 3.74. The van der Waals surface area contributed by atoms with E-state index < -0.39 is 0 Å². The average molecular weight is 464 g/mol. The van der Waals surface area contributed by atoms with Gasteiger partial charge in [-0.1, -0.05) is 5.16 Å². The fraction of sp³-hybridized carbons (Fsp3) is 0.385. The number of hydrogen-bond donors (Lipinski definition) is 1. The maximum atomic E-state index is 13.5. The number of aromatic nitrogens is 1. The van der Waals surface area contributed by atoms with Crippen molar-refractivity contribution in [3.05, 3.63) is 71.2 Å². The highest BCUT2D eigenvalue weighted by Gasteiger charge is 2.29. The highest BCUT2D eigenvalue weighted by atomic mass is 19.1. The summed E-state index contributed by atoms with van der Waals surface area (Å²) in [4.78, 5) is 19.9. The molecular weight excluding hydrogens is 433 g/mol. The van der Waals surface area contributed by atoms with Gasteiger partial charge in [-0.25, -0.2) is 4.39 Å². The Morgan fingerprint density at radius 1 is 1.00 bits per heavy atom. The molecule has 3 aromatic rings. The van der Waals surface area contributed by atoms with Crippen molar-refractivity contribution in [2.75, 3.05) is 54.8 Å². The SMILES string of the molecule is Nc1ccc(C(=O)N(CCN2CCN(c3ccc(F)cc3)CC2)c2onc3c2CCCC3)cc1. The lowest BCUT2D eigenvalue weighted by Crippen LogP contribution is -2.49. The van der Waals surface area contributed by atoms with Crippen LogP contribution < -0.4 is 15.5 Å². The molecule has 2 aromatic carbocycles. The van der Waals surface area contributed by atoms with E-state index in [4.69, 9.17) is 10.3 Å². The lowest BCUT2D eigenvalue weighted by molar-refractivity contribution is 0.0976. The minimum Gasteiger partial charge on any atom is -0.399 e. The minimum absolute atomic E-state index is 0.102. The van der Waals surface area contributed by atoms with Crippen molar-refractivity contribution >= 4 is 23.2 Å². The Labute approximate surface area is 198 Å². The summed E-state index contributed by atoms with van der Waals surface area (Å²) in [6.07, 6.45) is 3.96. The zero-order valence-corrected chi connectivity index (χ0v) is 19.3. The number of benzene rings is 2. The predicted molar refractivity (Wildman–Crippen MR) is 131 cm³/mol. The van der Waals surface area contributed by atoms with Crippen molar-refractivity contribution in [2.24, 2.45) is 0 Å². The van der Waals surface area contributed by atoms with Crippen LogP contribution in [0.1, 0.15) is 34.5 Å². The third kappa shape index (κ3) is 4.77. The van der Waals surface area contributed by atoms with Crippen LogP contribution in [0.15, 0.2) is 53.1 Å². The second-order valence-electron chi connectivity index (χ2n) is 9.00. The van der Waals surface area contributed by atoms with Crippen LogP contribution in [-0.4, -0.2) is 55.2 Å². The first-order valence-electron chi connectivity index (χ1n) is 12.0. The van der Waals surface area contributed by atoms with Gasteiger partial charge in [0, 0.05) is 61.8 Å². The number of nitrogen functional groups attached to an aromatic ring is 1. The van der Waals surface area contributed by atoms with Crippen LogP contribution in [0.2, 0.25) is 0 Å². The first-order chi connectivity index (χ1) is 16.6. The van der Waals surface area contributed by atoms with E-state index >= 15 is 0 Å². The molecule has 7 nitrogen and oxygen atoms in total. The highest BCUT2D eigenvalue weighted by molar-refractivity contribution is 6.05. The van der Waals surface area contributed by atoms with Crippen LogP contribution in [0.25, 0.3) is 0 Å². The number of amides is 1. The van der Waals surface area contributed by atoms with Gasteiger partial charge in [-0.05, 0) is 74.2 Å². The minimum atomic E-state index is -0.220. The molecule has 0 unspecified atom stereocenters. The average Bonchev–Trinajstić information content (AvgIpc) is 3.29. The van der Waals surface area contributed by atoms with Crippen LogP contribution in [-0.2, 0) is 12.8 Å². The molecule has 1 aromatic heterocycles. The van der Waals surface area contributed by atoms with E-state index in [1.807, 2.05) is 12.1 Å². The number of aryl methyl sites for hydroxylation is 1. The number of carbonyl (C=O) groups excluding carboxylic acids is 1. The van der Waals surface area contributed by atoms with Crippen molar-refractivity contribution in [3.8, 4) is 0 Å². The number of nitrogens with zero attached hydrogens (tertiary/aromatic N) is 4. The van der Waals surface area contributed by atoms with Gasteiger partial charge in [-0.15, -0.1) is 0 Å². The van der Waals surface area contributed by atoms with Gasteiger partial charge in [0.05, 0.1) is 5.69 Å². The summed E-state index contributed by atoms with van der Waals surface area (Å²) < 4.78 is 19.0. The number of rotatable bonds is 6. The molecule has 1 saturated heterocycles. The van der Waals surface area contributed by atoms with Crippen LogP contribution in [0.5, 0.6) is 0 Å². The maximum Gasteiger partial charge on any atom is 0.260 e. The largest absolute Gasteiger partial charge is 0.399 e. The number of fused-ring (bicyclic) bond motifs is 1. The normalized spacial score (nSPS) is 16.3. The summed E-state index contributed by atoms with van der Waals surface area (Å²) in [6.45, 7) is 4.70. The summed E-state index contributed by atoms with van der Waals surface area (Å²) in [5.41, 5.74) is 10.1. The van der Waals surface area contributed by atoms with Crippen LogP contribution >= 0.6 is 0 Å². The molecule has 1 aliphatic carbocycles. The van der Waals surface area contributed by atoms with Crippen molar-refractivity contribution in [1.29, 1.82) is 0 Å². The second kappa shape index (κ2) is 9.85. The standard InChI is InChI=1S/C26H30FN5O2/c27-20-7-11-22(12-8-20)31-16-13-30(14-17-31)15-18-32(25(33)19-5-9-21(28)10-6-19)26-23-3-1-2-4-24(23)29-34-26/h5-12H,1-4,13-18,28H2. The molecule has 1 aliphatic heterocycles. The summed E-state index contributed by atoms with van der Waals surface area (Å²) >= 11 is 0. The van der Waals surface area contributed by atoms with Gasteiger partial charge < -0.3 is 15.2 Å². The third-order valence-electron chi connectivity index (χ3n) is 6.79. The first-order valence-corrected chi connectivity index (χ1v) is 12.0. The molecule has 1 fully saturated rings. The molecule has 0 radical (unpaired) electrons. The number of hydrogen-bond acceptors (Lipinski definition) is 6. The molecule has 2 heterocycles. The Kier molecular flexibility index (Phi) is 6.49. The lowest BCUT2D eigenvalue weighted by Gasteiger charge is -2.36. The van der Waals surface area contributed by atoms with Gasteiger partial charge in [0.25, 0.3) is 5.91 Å². The van der Waals surface area contributed by atoms with Crippen molar-refractivity contribution in [3.63, 3.8) is 0 Å². The van der Waals surface area contributed by atoms with Gasteiger partial charge in [-0.2, -0.15) is 0 Å². The van der Waals surface area contributed by atoms with E-state index in [2.05, 4.69) is 15.0 Å². The molecule has 178 valence electrons. The molecule has 5 rings (SSSR count). The van der Waals surface area contributed by atoms with E-state index in [9.17, 15) is 9.18 Å². The second-order valence-corrected chi connectivity index (χ2v) is 9.00. The Morgan fingerprint density at radius 3 is 2.44 bits per heavy atom. The molecule has 0 spiro atoms. The summed E-state index contributed by atoms with van der Waals surface area (Å²) in [5, 5.41) is 4.28. The Morgan fingerprint density at radius 2 is 1.71 bits per heavy atom. The fourth-order valence-electron chi connectivity index (χ4n) is 4.79. The van der Waals surface area contributed by atoms with E-state index in [1.54, 1.807) is 29.2 Å². The molecule has 8 heteroatoms. The summed E-state index contributed by atoms with van der Waals surface area (Å²) in [7, 11) is 0. The zero-order valence-electron chi connectivity index (χ0n) is 19.3. The summed E-state index contributed by atoms with van der Waals surface area (Å²) in [6, 6.07) is 13.7.